The average Bonchev–Trinajstić information content (AvgIpc) is 3.03. The summed E-state index contributed by atoms with van der Waals surface area (Å²) in [5, 5.41) is 31.4. The maximum Gasteiger partial charge on any atom is 0.303 e. The highest BCUT2D eigenvalue weighted by atomic mass is 35.5. The van der Waals surface area contributed by atoms with Gasteiger partial charge < -0.3 is 15.1 Å². The molecule has 1 aliphatic heterocycles. The number of aliphatic hydroxyl groups is 1. The van der Waals surface area contributed by atoms with Crippen LogP contribution >= 0.6 is 11.6 Å². The Morgan fingerprint density at radius 1 is 1.06 bits per heavy atom. The molecule has 0 aliphatic carbocycles. The van der Waals surface area contributed by atoms with E-state index in [2.05, 4.69) is 0 Å². The summed E-state index contributed by atoms with van der Waals surface area (Å²) < 4.78 is 0. The van der Waals surface area contributed by atoms with Gasteiger partial charge >= 0.3 is 5.97 Å². The van der Waals surface area contributed by atoms with Crippen molar-refractivity contribution in [1.29, 1.82) is 0 Å². The van der Waals surface area contributed by atoms with Crippen LogP contribution in [0.3, 0.4) is 0 Å². The van der Waals surface area contributed by atoms with E-state index < -0.39 is 34.4 Å². The van der Waals surface area contributed by atoms with Crippen molar-refractivity contribution in [2.24, 2.45) is 0 Å². The molecule has 2 N–H and O–H groups in total. The van der Waals surface area contributed by atoms with Crippen LogP contribution in [0.15, 0.2) is 54.1 Å². The number of Topliss-reactive ketones (excluding diaryl/α,β-unsaturated/α-hetero) is 1. The Morgan fingerprint density at radius 2 is 1.76 bits per heavy atom. The van der Waals surface area contributed by atoms with Crippen molar-refractivity contribution < 1.29 is 29.5 Å². The first-order chi connectivity index (χ1) is 15.7. The number of carboxylic acid groups (broad SMARTS) is 1. The first-order valence-corrected chi connectivity index (χ1v) is 10.6. The van der Waals surface area contributed by atoms with Crippen molar-refractivity contribution in [2.75, 3.05) is 6.54 Å². The zero-order valence-corrected chi connectivity index (χ0v) is 18.2. The third kappa shape index (κ3) is 5.38. The van der Waals surface area contributed by atoms with Gasteiger partial charge in [-0.05, 0) is 42.7 Å². The number of carboxylic acids is 1. The molecule has 1 fully saturated rings. The van der Waals surface area contributed by atoms with Gasteiger partial charge in [-0.25, -0.2) is 0 Å². The summed E-state index contributed by atoms with van der Waals surface area (Å²) in [5.41, 5.74) is 0.193. The molecule has 1 atom stereocenters. The standard InChI is InChI=1S/C23H21ClN2O7/c24-16-10-8-14(9-11-16)21(29)19-20(15-5-4-6-17(13-15)26(32)33)25(23(31)22(19)30)12-3-1-2-7-18(27)28/h4-6,8-11,13,20,29H,1-3,7,12H2,(H,27,28)/b21-19+. The van der Waals surface area contributed by atoms with Crippen molar-refractivity contribution in [1.82, 2.24) is 4.90 Å². The maximum absolute atomic E-state index is 12.9. The minimum Gasteiger partial charge on any atom is -0.507 e. The lowest BCUT2D eigenvalue weighted by Gasteiger charge is -2.25. The lowest BCUT2D eigenvalue weighted by atomic mass is 9.95. The Labute approximate surface area is 194 Å². The van der Waals surface area contributed by atoms with Crippen molar-refractivity contribution in [3.8, 4) is 0 Å². The molecular weight excluding hydrogens is 452 g/mol. The van der Waals surface area contributed by atoms with Gasteiger partial charge in [-0.3, -0.25) is 24.5 Å². The van der Waals surface area contributed by atoms with Crippen LogP contribution in [-0.2, 0) is 14.4 Å². The molecule has 0 radical (unpaired) electrons. The number of aliphatic carboxylic acids is 1. The van der Waals surface area contributed by atoms with E-state index in [4.69, 9.17) is 16.7 Å². The molecule has 1 amide bonds. The normalized spacial score (nSPS) is 17.4. The quantitative estimate of drug-likeness (QED) is 0.138. The molecule has 2 aromatic carbocycles. The number of hydrogen-bond acceptors (Lipinski definition) is 6. The van der Waals surface area contributed by atoms with Crippen LogP contribution in [0, 0.1) is 10.1 Å². The first kappa shape index (κ1) is 23.9. The number of rotatable bonds is 9. The fourth-order valence-electron chi connectivity index (χ4n) is 3.76. The first-order valence-electron chi connectivity index (χ1n) is 10.2. The molecule has 0 bridgehead atoms. The molecule has 3 rings (SSSR count). The second-order valence-corrected chi connectivity index (χ2v) is 7.99. The van der Waals surface area contributed by atoms with E-state index in [1.807, 2.05) is 0 Å². The van der Waals surface area contributed by atoms with Crippen LogP contribution in [0.2, 0.25) is 5.02 Å². The highest BCUT2D eigenvalue weighted by Crippen LogP contribution is 2.40. The molecule has 0 saturated carbocycles. The van der Waals surface area contributed by atoms with Crippen molar-refractivity contribution in [3.05, 3.63) is 80.4 Å². The van der Waals surface area contributed by atoms with Crippen LogP contribution in [0.25, 0.3) is 5.76 Å². The van der Waals surface area contributed by atoms with Crippen LogP contribution in [0.1, 0.15) is 42.9 Å². The van der Waals surface area contributed by atoms with E-state index >= 15 is 0 Å². The number of amides is 1. The van der Waals surface area contributed by atoms with Gasteiger partial charge in [-0.15, -0.1) is 0 Å². The number of aliphatic hydroxyl groups excluding tert-OH is 1. The largest absolute Gasteiger partial charge is 0.507 e. The van der Waals surface area contributed by atoms with Crippen molar-refractivity contribution in [2.45, 2.75) is 31.7 Å². The number of nitro groups is 1. The summed E-state index contributed by atoms with van der Waals surface area (Å²) in [5.74, 6) is -3.06. The molecule has 2 aromatic rings. The number of carbonyl (C=O) groups is 3. The third-order valence-electron chi connectivity index (χ3n) is 5.34. The number of likely N-dealkylation sites (tertiary alicyclic amines) is 1. The number of benzene rings is 2. The molecule has 1 heterocycles. The SMILES string of the molecule is O=C(O)CCCCCN1C(=O)C(=O)/C(=C(/O)c2ccc(Cl)cc2)C1c1cccc([N+](=O)[O-])c1. The Hall–Kier alpha value is -3.72. The van der Waals surface area contributed by atoms with E-state index in [1.54, 1.807) is 6.07 Å². The maximum atomic E-state index is 12.9. The molecule has 1 unspecified atom stereocenters. The second kappa shape index (κ2) is 10.3. The Balaban J connectivity index is 2.02. The van der Waals surface area contributed by atoms with E-state index in [0.717, 1.165) is 0 Å². The zero-order valence-electron chi connectivity index (χ0n) is 17.4. The Morgan fingerprint density at radius 3 is 2.39 bits per heavy atom. The molecule has 0 spiro atoms. The molecule has 172 valence electrons. The van der Waals surface area contributed by atoms with Crippen molar-refractivity contribution in [3.63, 3.8) is 0 Å². The molecular formula is C23H21ClN2O7. The summed E-state index contributed by atoms with van der Waals surface area (Å²) >= 11 is 5.90. The fraction of sp³-hybridized carbons (Fsp3) is 0.261. The van der Waals surface area contributed by atoms with Crippen LogP contribution in [0.5, 0.6) is 0 Å². The van der Waals surface area contributed by atoms with Gasteiger partial charge in [-0.1, -0.05) is 30.2 Å². The van der Waals surface area contributed by atoms with Crippen LogP contribution in [0.4, 0.5) is 5.69 Å². The number of unbranched alkanes of at least 4 members (excludes halogenated alkanes) is 2. The zero-order chi connectivity index (χ0) is 24.1. The van der Waals surface area contributed by atoms with Gasteiger partial charge in [0.2, 0.25) is 0 Å². The Kier molecular flexibility index (Phi) is 7.44. The van der Waals surface area contributed by atoms with Crippen LogP contribution in [-0.4, -0.2) is 44.2 Å². The topological polar surface area (TPSA) is 138 Å². The summed E-state index contributed by atoms with van der Waals surface area (Å²) in [7, 11) is 0. The van der Waals surface area contributed by atoms with E-state index in [1.165, 1.54) is 47.4 Å². The monoisotopic (exact) mass is 472 g/mol. The van der Waals surface area contributed by atoms with Gasteiger partial charge in [-0.2, -0.15) is 0 Å². The number of nitro benzene ring substituents is 1. The smallest absolute Gasteiger partial charge is 0.303 e. The van der Waals surface area contributed by atoms with Gasteiger partial charge in [0, 0.05) is 35.7 Å². The molecule has 33 heavy (non-hydrogen) atoms. The molecule has 1 aliphatic rings. The Bertz CT molecular complexity index is 1130. The average molecular weight is 473 g/mol. The molecule has 1 saturated heterocycles. The fourth-order valence-corrected chi connectivity index (χ4v) is 3.89. The molecule has 0 aromatic heterocycles. The highest BCUT2D eigenvalue weighted by molar-refractivity contribution is 6.46. The van der Waals surface area contributed by atoms with Gasteiger partial charge in [0.15, 0.2) is 0 Å². The minimum atomic E-state index is -1.03. The van der Waals surface area contributed by atoms with Gasteiger partial charge in [0.25, 0.3) is 17.4 Å². The summed E-state index contributed by atoms with van der Waals surface area (Å²) in [6.45, 7) is 0.120. The lowest BCUT2D eigenvalue weighted by Crippen LogP contribution is -2.30. The number of halogens is 1. The predicted octanol–water partition coefficient (Wildman–Crippen LogP) is 4.31. The lowest BCUT2D eigenvalue weighted by molar-refractivity contribution is -0.384. The van der Waals surface area contributed by atoms with E-state index in [0.29, 0.717) is 29.8 Å². The summed E-state index contributed by atoms with van der Waals surface area (Å²) in [4.78, 5) is 48.5. The third-order valence-corrected chi connectivity index (χ3v) is 5.60. The van der Waals surface area contributed by atoms with Gasteiger partial charge in [0.1, 0.15) is 5.76 Å². The number of nitrogens with zero attached hydrogens (tertiary/aromatic N) is 2. The van der Waals surface area contributed by atoms with E-state index in [9.17, 15) is 29.6 Å². The highest BCUT2D eigenvalue weighted by Gasteiger charge is 2.46. The summed E-state index contributed by atoms with van der Waals surface area (Å²) in [6, 6.07) is 10.6. The number of carbonyl (C=O) groups excluding carboxylic acids is 2. The van der Waals surface area contributed by atoms with Crippen LogP contribution < -0.4 is 0 Å². The second-order valence-electron chi connectivity index (χ2n) is 7.56. The number of hydrogen-bond donors (Lipinski definition) is 2. The number of non-ortho nitro benzene ring substituents is 1. The number of ketones is 1. The minimum absolute atomic E-state index is 0.0102. The molecule has 9 nitrogen and oxygen atoms in total. The van der Waals surface area contributed by atoms with Gasteiger partial charge in [0.05, 0.1) is 16.5 Å². The predicted molar refractivity (Wildman–Crippen MR) is 120 cm³/mol. The molecule has 10 heteroatoms. The van der Waals surface area contributed by atoms with E-state index in [-0.39, 0.29) is 29.8 Å². The van der Waals surface area contributed by atoms with Crippen molar-refractivity contribution >= 4 is 40.7 Å². The summed E-state index contributed by atoms with van der Waals surface area (Å²) in [6.07, 6.45) is 1.33.